The van der Waals surface area contributed by atoms with Gasteiger partial charge in [-0.1, -0.05) is 75.2 Å². The fraction of sp³-hybridized carbons (Fsp3) is 0.485. The number of carbonyl (C=O) groups excluding carboxylic acids is 4. The molecule has 43 heavy (non-hydrogen) atoms. The molecule has 0 bridgehead atoms. The summed E-state index contributed by atoms with van der Waals surface area (Å²) in [4.78, 5) is 61.3. The number of anilines is 1. The van der Waals surface area contributed by atoms with Gasteiger partial charge in [0.1, 0.15) is 23.6 Å². The van der Waals surface area contributed by atoms with Gasteiger partial charge in [0.05, 0.1) is 6.42 Å². The first kappa shape index (κ1) is 30.1. The van der Waals surface area contributed by atoms with Crippen LogP contribution in [0.3, 0.4) is 0 Å². The minimum atomic E-state index is -1.19. The third-order valence-electron chi connectivity index (χ3n) is 9.08. The smallest absolute Gasteiger partial charge is 0.408 e. The molecule has 1 saturated heterocycles. The molecule has 2 fully saturated rings. The summed E-state index contributed by atoms with van der Waals surface area (Å²) in [5.74, 6) is -0.867. The number of rotatable bonds is 8. The summed E-state index contributed by atoms with van der Waals surface area (Å²) >= 11 is 0. The first-order valence-corrected chi connectivity index (χ1v) is 14.9. The lowest BCUT2D eigenvalue weighted by molar-refractivity contribution is -0.149. The van der Waals surface area contributed by atoms with E-state index in [1.165, 1.54) is 9.80 Å². The topological polar surface area (TPSA) is 112 Å². The molecule has 2 aromatic rings. The fourth-order valence-corrected chi connectivity index (χ4v) is 6.82. The predicted octanol–water partition coefficient (Wildman–Crippen LogP) is 4.47. The highest BCUT2D eigenvalue weighted by Crippen LogP contribution is 2.47. The van der Waals surface area contributed by atoms with Gasteiger partial charge in [-0.2, -0.15) is 0 Å². The van der Waals surface area contributed by atoms with Gasteiger partial charge in [-0.15, -0.1) is 0 Å². The second kappa shape index (κ2) is 12.1. The molecule has 2 aromatic carbocycles. The van der Waals surface area contributed by atoms with Crippen LogP contribution in [0, 0.1) is 12.5 Å². The Morgan fingerprint density at radius 1 is 1.12 bits per heavy atom. The van der Waals surface area contributed by atoms with E-state index in [0.29, 0.717) is 24.9 Å². The number of fused-ring (bicyclic) bond motifs is 2. The molecule has 226 valence electrons. The second-order valence-corrected chi connectivity index (χ2v) is 12.4. The molecule has 2 N–H and O–H groups in total. The number of amides is 4. The molecule has 2 heterocycles. The van der Waals surface area contributed by atoms with Gasteiger partial charge in [-0.3, -0.25) is 24.1 Å². The molecule has 3 atom stereocenters. The minimum absolute atomic E-state index is 0.0611. The van der Waals surface area contributed by atoms with E-state index in [9.17, 15) is 19.2 Å². The average molecular weight is 586 g/mol. The van der Waals surface area contributed by atoms with Gasteiger partial charge < -0.3 is 20.3 Å². The number of ether oxygens (including phenoxy) is 1. The molecule has 10 heteroatoms. The molecule has 3 aliphatic rings. The third kappa shape index (κ3) is 5.68. The van der Waals surface area contributed by atoms with Crippen molar-refractivity contribution in [3.05, 3.63) is 77.1 Å². The normalized spacial score (nSPS) is 22.5. The number of hydrogen-bond donors (Lipinski definition) is 2. The molecular weight excluding hydrogens is 546 g/mol. The first-order chi connectivity index (χ1) is 20.6. The maximum absolute atomic E-state index is 14.3. The van der Waals surface area contributed by atoms with Crippen LogP contribution in [0.1, 0.15) is 63.5 Å². The number of alkyl carbamates (subject to hydrolysis) is 1. The summed E-state index contributed by atoms with van der Waals surface area (Å²) < 4.78 is 5.45. The number of para-hydroxylation sites is 1. The average Bonchev–Trinajstić information content (AvgIpc) is 3.71. The number of benzene rings is 2. The van der Waals surface area contributed by atoms with Crippen molar-refractivity contribution in [2.24, 2.45) is 5.92 Å². The van der Waals surface area contributed by atoms with Gasteiger partial charge in [-0.25, -0.2) is 11.4 Å². The Kier molecular flexibility index (Phi) is 8.45. The summed E-state index contributed by atoms with van der Waals surface area (Å²) in [6.07, 6.45) is 1.42. The van der Waals surface area contributed by atoms with Gasteiger partial charge >= 0.3 is 12.3 Å². The van der Waals surface area contributed by atoms with E-state index in [2.05, 4.69) is 15.5 Å². The summed E-state index contributed by atoms with van der Waals surface area (Å²) in [6.45, 7) is 12.0. The van der Waals surface area contributed by atoms with E-state index >= 15 is 0 Å². The van der Waals surface area contributed by atoms with Crippen molar-refractivity contribution in [3.63, 3.8) is 0 Å². The Morgan fingerprint density at radius 3 is 2.47 bits per heavy atom. The summed E-state index contributed by atoms with van der Waals surface area (Å²) in [5.41, 5.74) is 0.124. The number of likely N-dealkylation sites (tertiary alicyclic amines) is 1. The van der Waals surface area contributed by atoms with Crippen LogP contribution < -0.4 is 10.6 Å². The second-order valence-electron chi connectivity index (χ2n) is 12.4. The van der Waals surface area contributed by atoms with E-state index in [-0.39, 0.29) is 43.2 Å². The maximum Gasteiger partial charge on any atom is 0.408 e. The first-order valence-electron chi connectivity index (χ1n) is 14.9. The highest BCUT2D eigenvalue weighted by atomic mass is 16.5. The number of nitrogens with one attached hydrogen (secondary N) is 2. The van der Waals surface area contributed by atoms with Gasteiger partial charge in [0.25, 0.3) is 5.91 Å². The zero-order valence-electron chi connectivity index (χ0n) is 25.0. The van der Waals surface area contributed by atoms with E-state index in [4.69, 9.17) is 11.3 Å². The summed E-state index contributed by atoms with van der Waals surface area (Å²) in [5, 5.41) is 5.78. The van der Waals surface area contributed by atoms with E-state index in [0.717, 1.165) is 24.0 Å². The third-order valence-corrected chi connectivity index (χ3v) is 9.08. The predicted molar refractivity (Wildman–Crippen MR) is 160 cm³/mol. The molecule has 2 aliphatic heterocycles. The zero-order valence-corrected chi connectivity index (χ0v) is 25.0. The Labute approximate surface area is 252 Å². The molecule has 1 spiro atoms. The maximum atomic E-state index is 14.3. The molecule has 0 aromatic heterocycles. The van der Waals surface area contributed by atoms with Crippen LogP contribution in [0.15, 0.2) is 54.6 Å². The zero-order chi connectivity index (χ0) is 30.8. The number of carbonyl (C=O) groups is 4. The molecule has 10 nitrogen and oxygen atoms in total. The van der Waals surface area contributed by atoms with Crippen LogP contribution >= 0.6 is 0 Å². The minimum Gasteiger partial charge on any atom is -0.445 e. The lowest BCUT2D eigenvalue weighted by Crippen LogP contribution is -2.61. The highest BCUT2D eigenvalue weighted by molar-refractivity contribution is 6.07. The lowest BCUT2D eigenvalue weighted by atomic mass is 9.80. The highest BCUT2D eigenvalue weighted by Gasteiger charge is 2.59. The van der Waals surface area contributed by atoms with Gasteiger partial charge in [-0.05, 0) is 42.4 Å². The van der Waals surface area contributed by atoms with Crippen LogP contribution in [0.25, 0.3) is 4.85 Å². The van der Waals surface area contributed by atoms with Crippen molar-refractivity contribution in [1.82, 2.24) is 15.1 Å². The SMILES string of the molecule is [C-]#[N+][C@@H]1C[C@@]2(CN1C(=O)[C@H](CC(C)C)N(C)C(=O)C1(NC(=O)OCc3ccccc3)CCCC1)C(=O)Nc1ccccc12. The van der Waals surface area contributed by atoms with Crippen LogP contribution in [0.4, 0.5) is 10.5 Å². The van der Waals surface area contributed by atoms with Crippen LogP contribution in [-0.2, 0) is 31.1 Å². The number of nitrogens with zero attached hydrogens (tertiary/aromatic N) is 3. The van der Waals surface area contributed by atoms with Crippen molar-refractivity contribution < 1.29 is 23.9 Å². The largest absolute Gasteiger partial charge is 0.445 e. The molecule has 4 amide bonds. The van der Waals surface area contributed by atoms with E-state index in [1.54, 1.807) is 7.05 Å². The van der Waals surface area contributed by atoms with Crippen LogP contribution in [0.5, 0.6) is 0 Å². The van der Waals surface area contributed by atoms with Crippen molar-refractivity contribution in [3.8, 4) is 0 Å². The van der Waals surface area contributed by atoms with E-state index < -0.39 is 29.3 Å². The Bertz CT molecular complexity index is 1430. The molecule has 1 aliphatic carbocycles. The number of hydrogen-bond acceptors (Lipinski definition) is 5. The summed E-state index contributed by atoms with van der Waals surface area (Å²) in [6, 6.07) is 15.8. The van der Waals surface area contributed by atoms with Crippen LogP contribution in [-0.4, -0.2) is 65.0 Å². The monoisotopic (exact) mass is 585 g/mol. The molecule has 5 rings (SSSR count). The van der Waals surface area contributed by atoms with Crippen molar-refractivity contribution in [1.29, 1.82) is 0 Å². The van der Waals surface area contributed by atoms with E-state index in [1.807, 2.05) is 68.4 Å². The molecule has 1 saturated carbocycles. The van der Waals surface area contributed by atoms with Crippen molar-refractivity contribution in [2.75, 3.05) is 18.9 Å². The Morgan fingerprint density at radius 2 is 1.79 bits per heavy atom. The molecule has 0 radical (unpaired) electrons. The lowest BCUT2D eigenvalue weighted by Gasteiger charge is -2.38. The van der Waals surface area contributed by atoms with Crippen molar-refractivity contribution >= 4 is 29.5 Å². The van der Waals surface area contributed by atoms with Crippen molar-refractivity contribution in [2.45, 2.75) is 82.1 Å². The quantitative estimate of drug-likeness (QED) is 0.444. The Balaban J connectivity index is 1.36. The summed E-state index contributed by atoms with van der Waals surface area (Å²) in [7, 11) is 1.60. The Hall–Kier alpha value is -4.39. The standard InChI is InChI=1S/C33H39N5O5/c1-22(2)18-26(28(39)38-21-32(19-27(38)34-3)24-14-8-9-15-25(24)35-29(32)40)37(4)30(41)33(16-10-11-17-33)36-31(42)43-20-23-12-6-5-7-13-23/h5-9,12-15,22,26-27H,10-11,16-21H2,1-2,4H3,(H,35,40)(H,36,42)/t26-,27-,32-/m0/s1. The molecular formula is C33H39N5O5. The number of likely N-dealkylation sites (N-methyl/N-ethyl adjacent to an activating group) is 1. The van der Waals surface area contributed by atoms with Gasteiger partial charge in [0, 0.05) is 19.3 Å². The van der Waals surface area contributed by atoms with Gasteiger partial charge in [0.15, 0.2) is 0 Å². The van der Waals surface area contributed by atoms with Gasteiger partial charge in [0.2, 0.25) is 11.8 Å². The fourth-order valence-electron chi connectivity index (χ4n) is 6.82. The van der Waals surface area contributed by atoms with Crippen LogP contribution in [0.2, 0.25) is 0 Å². The molecule has 0 unspecified atom stereocenters.